The Morgan fingerprint density at radius 2 is 1.27 bits per heavy atom. The van der Waals surface area contributed by atoms with E-state index in [1.165, 1.54) is 12.2 Å². The summed E-state index contributed by atoms with van der Waals surface area (Å²) in [6.07, 6.45) is -3.90. The molecule has 1 amide bonds. The molecule has 41 heavy (non-hydrogen) atoms. The van der Waals surface area contributed by atoms with Crippen LogP contribution in [0.15, 0.2) is 116 Å². The standard InChI is InChI=1S/C33H36F3NO4/c1-3-5-21-37(32(38)33(34,35)36)29(25-39-22-26-15-9-6-10-16-26)31(41-24-28-19-13-8-14-20-28)30(4-2)40-23-27-17-11-7-12-18-27/h3-4,6-20,29-31H,1-2,5,21-25H2/t29-,30-,31-/m1/s1. The van der Waals surface area contributed by atoms with Gasteiger partial charge in [-0.05, 0) is 23.1 Å². The molecule has 5 nitrogen and oxygen atoms in total. The first-order chi connectivity index (χ1) is 19.8. The average Bonchev–Trinajstić information content (AvgIpc) is 2.99. The Morgan fingerprint density at radius 3 is 1.73 bits per heavy atom. The van der Waals surface area contributed by atoms with Crippen molar-refractivity contribution in [2.45, 2.75) is 50.7 Å². The van der Waals surface area contributed by atoms with Crippen molar-refractivity contribution >= 4 is 5.91 Å². The zero-order valence-corrected chi connectivity index (χ0v) is 22.9. The average molecular weight is 568 g/mol. The van der Waals surface area contributed by atoms with Crippen LogP contribution in [0.5, 0.6) is 0 Å². The van der Waals surface area contributed by atoms with Crippen molar-refractivity contribution in [2.24, 2.45) is 0 Å². The highest BCUT2D eigenvalue weighted by Gasteiger charge is 2.47. The van der Waals surface area contributed by atoms with Crippen LogP contribution >= 0.6 is 0 Å². The fourth-order valence-electron chi connectivity index (χ4n) is 4.30. The molecule has 0 bridgehead atoms. The normalized spacial score (nSPS) is 13.6. The van der Waals surface area contributed by atoms with Crippen LogP contribution in [0, 0.1) is 0 Å². The number of halogens is 3. The number of carbonyl (C=O) groups is 1. The summed E-state index contributed by atoms with van der Waals surface area (Å²) in [4.78, 5) is 13.6. The lowest BCUT2D eigenvalue weighted by Crippen LogP contribution is -2.57. The first-order valence-electron chi connectivity index (χ1n) is 13.4. The van der Waals surface area contributed by atoms with Crippen LogP contribution in [0.1, 0.15) is 23.1 Å². The molecule has 3 aromatic rings. The van der Waals surface area contributed by atoms with E-state index < -0.39 is 30.3 Å². The van der Waals surface area contributed by atoms with E-state index in [0.717, 1.165) is 21.6 Å². The van der Waals surface area contributed by atoms with E-state index in [4.69, 9.17) is 14.2 Å². The zero-order chi connectivity index (χ0) is 29.5. The molecule has 0 radical (unpaired) electrons. The van der Waals surface area contributed by atoms with Crippen molar-refractivity contribution in [3.63, 3.8) is 0 Å². The van der Waals surface area contributed by atoms with Crippen LogP contribution in [0.3, 0.4) is 0 Å². The van der Waals surface area contributed by atoms with E-state index in [0.29, 0.717) is 0 Å². The molecule has 0 aliphatic rings. The minimum Gasteiger partial charge on any atom is -0.375 e. The van der Waals surface area contributed by atoms with Gasteiger partial charge in [-0.1, -0.05) is 103 Å². The lowest BCUT2D eigenvalue weighted by molar-refractivity contribution is -0.195. The van der Waals surface area contributed by atoms with Gasteiger partial charge in [-0.3, -0.25) is 4.79 Å². The molecule has 0 aliphatic carbocycles. The number of carbonyl (C=O) groups excluding carboxylic acids is 1. The highest BCUT2D eigenvalue weighted by Crippen LogP contribution is 2.26. The van der Waals surface area contributed by atoms with Gasteiger partial charge in [0, 0.05) is 6.54 Å². The third-order valence-corrected chi connectivity index (χ3v) is 6.38. The van der Waals surface area contributed by atoms with Gasteiger partial charge in [0.25, 0.3) is 0 Å². The van der Waals surface area contributed by atoms with Gasteiger partial charge in [0.2, 0.25) is 0 Å². The SMILES string of the molecule is C=CCCN(C(=O)C(F)(F)F)[C@H](COCc1ccccc1)[C@@H](OCc1ccccc1)[C@@H](C=C)OCc1ccccc1. The summed E-state index contributed by atoms with van der Waals surface area (Å²) in [5.74, 6) is -1.98. The third kappa shape index (κ3) is 10.3. The fourth-order valence-corrected chi connectivity index (χ4v) is 4.30. The largest absolute Gasteiger partial charge is 0.471 e. The van der Waals surface area contributed by atoms with Crippen LogP contribution in [-0.4, -0.2) is 48.4 Å². The Balaban J connectivity index is 1.97. The number of ether oxygens (including phenoxy) is 3. The second kappa shape index (κ2) is 16.5. The lowest BCUT2D eigenvalue weighted by Gasteiger charge is -2.39. The van der Waals surface area contributed by atoms with Gasteiger partial charge in [-0.25, -0.2) is 0 Å². The molecule has 0 fully saturated rings. The quantitative estimate of drug-likeness (QED) is 0.167. The molecule has 0 N–H and O–H groups in total. The van der Waals surface area contributed by atoms with Crippen LogP contribution in [-0.2, 0) is 38.8 Å². The van der Waals surface area contributed by atoms with Gasteiger partial charge in [0.1, 0.15) is 12.2 Å². The molecular weight excluding hydrogens is 531 g/mol. The molecule has 8 heteroatoms. The predicted octanol–water partition coefficient (Wildman–Crippen LogP) is 6.90. The minimum absolute atomic E-state index is 0.0786. The topological polar surface area (TPSA) is 48.0 Å². The molecular formula is C33H36F3NO4. The molecule has 218 valence electrons. The molecule has 0 heterocycles. The van der Waals surface area contributed by atoms with Crippen molar-refractivity contribution in [1.29, 1.82) is 0 Å². The predicted molar refractivity (Wildman–Crippen MR) is 153 cm³/mol. The Morgan fingerprint density at radius 1 is 0.780 bits per heavy atom. The van der Waals surface area contributed by atoms with Crippen molar-refractivity contribution in [3.8, 4) is 0 Å². The van der Waals surface area contributed by atoms with Crippen molar-refractivity contribution in [1.82, 2.24) is 4.90 Å². The van der Waals surface area contributed by atoms with Gasteiger partial charge in [0.05, 0.1) is 32.5 Å². The Labute approximate surface area is 239 Å². The first-order valence-corrected chi connectivity index (χ1v) is 13.4. The van der Waals surface area contributed by atoms with Crippen LogP contribution < -0.4 is 0 Å². The number of alkyl halides is 3. The number of nitrogens with zero attached hydrogens (tertiary/aromatic N) is 1. The summed E-state index contributed by atoms with van der Waals surface area (Å²) in [5.41, 5.74) is 2.52. The molecule has 3 aromatic carbocycles. The molecule has 0 aromatic heterocycles. The Bertz CT molecular complexity index is 1190. The second-order valence-electron chi connectivity index (χ2n) is 9.40. The van der Waals surface area contributed by atoms with E-state index in [-0.39, 0.29) is 39.4 Å². The summed E-state index contributed by atoms with van der Waals surface area (Å²) in [7, 11) is 0. The summed E-state index contributed by atoms with van der Waals surface area (Å²) < 4.78 is 60.1. The number of amides is 1. The fraction of sp³-hybridized carbons (Fsp3) is 0.303. The highest BCUT2D eigenvalue weighted by molar-refractivity contribution is 5.82. The van der Waals surface area contributed by atoms with Gasteiger partial charge in [-0.15, -0.1) is 13.2 Å². The van der Waals surface area contributed by atoms with Gasteiger partial charge < -0.3 is 19.1 Å². The minimum atomic E-state index is -5.10. The lowest BCUT2D eigenvalue weighted by atomic mass is 10.0. The first kappa shape index (κ1) is 31.8. The van der Waals surface area contributed by atoms with Gasteiger partial charge in [-0.2, -0.15) is 13.2 Å². The molecule has 0 aliphatic heterocycles. The maximum absolute atomic E-state index is 13.9. The van der Waals surface area contributed by atoms with E-state index >= 15 is 0 Å². The zero-order valence-electron chi connectivity index (χ0n) is 22.9. The van der Waals surface area contributed by atoms with Crippen molar-refractivity contribution in [2.75, 3.05) is 13.2 Å². The number of hydrogen-bond donors (Lipinski definition) is 0. The Hall–Kier alpha value is -3.72. The summed E-state index contributed by atoms with van der Waals surface area (Å²) in [5, 5.41) is 0. The number of benzene rings is 3. The Kier molecular flexibility index (Phi) is 12.8. The highest BCUT2D eigenvalue weighted by atomic mass is 19.4. The molecule has 3 rings (SSSR count). The molecule has 0 spiro atoms. The maximum Gasteiger partial charge on any atom is 0.471 e. The summed E-state index contributed by atoms with van der Waals surface area (Å²) in [6, 6.07) is 26.7. The summed E-state index contributed by atoms with van der Waals surface area (Å²) >= 11 is 0. The molecule has 0 unspecified atom stereocenters. The summed E-state index contributed by atoms with van der Waals surface area (Å²) in [6.45, 7) is 7.44. The van der Waals surface area contributed by atoms with E-state index in [1.807, 2.05) is 91.0 Å². The molecule has 3 atom stereocenters. The van der Waals surface area contributed by atoms with Crippen LogP contribution in [0.2, 0.25) is 0 Å². The van der Waals surface area contributed by atoms with E-state index in [2.05, 4.69) is 13.2 Å². The van der Waals surface area contributed by atoms with E-state index in [1.54, 1.807) is 0 Å². The molecule has 0 saturated heterocycles. The van der Waals surface area contributed by atoms with Crippen molar-refractivity contribution in [3.05, 3.63) is 133 Å². The number of rotatable bonds is 17. The monoisotopic (exact) mass is 567 g/mol. The van der Waals surface area contributed by atoms with Gasteiger partial charge in [0.15, 0.2) is 0 Å². The van der Waals surface area contributed by atoms with Crippen molar-refractivity contribution < 1.29 is 32.2 Å². The maximum atomic E-state index is 13.9. The van der Waals surface area contributed by atoms with E-state index in [9.17, 15) is 18.0 Å². The number of hydrogen-bond acceptors (Lipinski definition) is 4. The molecule has 0 saturated carbocycles. The second-order valence-corrected chi connectivity index (χ2v) is 9.40. The third-order valence-electron chi connectivity index (χ3n) is 6.38. The van der Waals surface area contributed by atoms with Gasteiger partial charge >= 0.3 is 12.1 Å². The van der Waals surface area contributed by atoms with Crippen LogP contribution in [0.4, 0.5) is 13.2 Å². The smallest absolute Gasteiger partial charge is 0.375 e. The van der Waals surface area contributed by atoms with Crippen LogP contribution in [0.25, 0.3) is 0 Å².